The molecule has 1 amide bonds. The van der Waals surface area contributed by atoms with Gasteiger partial charge in [0.15, 0.2) is 11.5 Å². The van der Waals surface area contributed by atoms with Crippen molar-refractivity contribution in [3.8, 4) is 11.5 Å². The SMILES string of the molecule is COc1ccc([C@@H](C)NC(=O)CN(c2cc(Cl)ccc2Cl)S(C)(=O)=O)cc1OC. The highest BCUT2D eigenvalue weighted by molar-refractivity contribution is 7.92. The number of amides is 1. The first-order chi connectivity index (χ1) is 13.6. The van der Waals surface area contributed by atoms with E-state index in [1.807, 2.05) is 0 Å². The molecular weight excluding hydrogens is 439 g/mol. The standard InChI is InChI=1S/C19H22Cl2N2O5S/c1-12(13-5-8-17(27-2)18(9-13)28-3)22-19(24)11-23(29(4,25)26)16-10-14(20)6-7-15(16)21/h5-10,12H,11H2,1-4H3,(H,22,24)/t12-/m1/s1. The number of nitrogens with one attached hydrogen (secondary N) is 1. The van der Waals surface area contributed by atoms with Crippen LogP contribution in [0.5, 0.6) is 11.5 Å². The maximum atomic E-state index is 12.6. The Labute approximate surface area is 180 Å². The summed E-state index contributed by atoms with van der Waals surface area (Å²) >= 11 is 12.1. The van der Waals surface area contributed by atoms with Crippen molar-refractivity contribution < 1.29 is 22.7 Å². The number of nitrogens with zero attached hydrogens (tertiary/aromatic N) is 1. The first kappa shape index (κ1) is 23.1. The molecule has 0 spiro atoms. The number of rotatable bonds is 8. The predicted octanol–water partition coefficient (Wildman–Crippen LogP) is 3.65. The van der Waals surface area contributed by atoms with Crippen LogP contribution in [0.15, 0.2) is 36.4 Å². The van der Waals surface area contributed by atoms with Crippen molar-refractivity contribution in [1.82, 2.24) is 5.32 Å². The van der Waals surface area contributed by atoms with Crippen LogP contribution in [0, 0.1) is 0 Å². The number of hydrogen-bond acceptors (Lipinski definition) is 5. The Hall–Kier alpha value is -2.16. The van der Waals surface area contributed by atoms with E-state index >= 15 is 0 Å². The van der Waals surface area contributed by atoms with Gasteiger partial charge in [0.2, 0.25) is 15.9 Å². The molecule has 1 N–H and O–H groups in total. The molecule has 0 unspecified atom stereocenters. The Balaban J connectivity index is 2.21. The molecule has 0 heterocycles. The largest absolute Gasteiger partial charge is 0.493 e. The van der Waals surface area contributed by atoms with Crippen LogP contribution in [0.1, 0.15) is 18.5 Å². The van der Waals surface area contributed by atoms with E-state index in [0.717, 1.165) is 16.1 Å². The number of anilines is 1. The molecule has 0 aromatic heterocycles. The van der Waals surface area contributed by atoms with Crippen LogP contribution in [0.2, 0.25) is 10.0 Å². The van der Waals surface area contributed by atoms with Crippen LogP contribution < -0.4 is 19.1 Å². The van der Waals surface area contributed by atoms with Crippen LogP contribution in [0.3, 0.4) is 0 Å². The van der Waals surface area contributed by atoms with Crippen LogP contribution in [0.4, 0.5) is 5.69 Å². The summed E-state index contributed by atoms with van der Waals surface area (Å²) in [6.45, 7) is 1.33. The summed E-state index contributed by atoms with van der Waals surface area (Å²) in [5.74, 6) is 0.581. The third kappa shape index (κ3) is 5.91. The van der Waals surface area contributed by atoms with Gasteiger partial charge in [0, 0.05) is 5.02 Å². The maximum Gasteiger partial charge on any atom is 0.241 e. The van der Waals surface area contributed by atoms with Gasteiger partial charge in [-0.1, -0.05) is 29.3 Å². The highest BCUT2D eigenvalue weighted by Crippen LogP contribution is 2.31. The molecule has 2 aromatic carbocycles. The number of sulfonamides is 1. The van der Waals surface area contributed by atoms with E-state index in [9.17, 15) is 13.2 Å². The Morgan fingerprint density at radius 3 is 2.34 bits per heavy atom. The number of halogens is 2. The zero-order chi connectivity index (χ0) is 21.8. The lowest BCUT2D eigenvalue weighted by Gasteiger charge is -2.24. The molecule has 0 saturated heterocycles. The van der Waals surface area contributed by atoms with Gasteiger partial charge in [-0.25, -0.2) is 8.42 Å². The lowest BCUT2D eigenvalue weighted by atomic mass is 10.1. The molecule has 0 saturated carbocycles. The summed E-state index contributed by atoms with van der Waals surface area (Å²) in [6, 6.07) is 9.26. The second-order valence-electron chi connectivity index (χ2n) is 6.27. The highest BCUT2D eigenvalue weighted by atomic mass is 35.5. The van der Waals surface area contributed by atoms with Crippen LogP contribution >= 0.6 is 23.2 Å². The first-order valence-electron chi connectivity index (χ1n) is 8.51. The molecule has 0 fully saturated rings. The second-order valence-corrected chi connectivity index (χ2v) is 9.02. The minimum Gasteiger partial charge on any atom is -0.493 e. The molecular formula is C19H22Cl2N2O5S. The van der Waals surface area contributed by atoms with Crippen molar-refractivity contribution >= 4 is 44.8 Å². The highest BCUT2D eigenvalue weighted by Gasteiger charge is 2.24. The number of methoxy groups -OCH3 is 2. The Bertz CT molecular complexity index is 998. The van der Waals surface area contributed by atoms with E-state index < -0.39 is 28.5 Å². The van der Waals surface area contributed by atoms with E-state index in [2.05, 4.69) is 5.32 Å². The smallest absolute Gasteiger partial charge is 0.241 e. The fourth-order valence-electron chi connectivity index (χ4n) is 2.68. The molecule has 2 aromatic rings. The number of hydrogen-bond donors (Lipinski definition) is 1. The molecule has 158 valence electrons. The van der Waals surface area contributed by atoms with Crippen molar-refractivity contribution in [3.05, 3.63) is 52.0 Å². The third-order valence-electron chi connectivity index (χ3n) is 4.15. The van der Waals surface area contributed by atoms with E-state index in [-0.39, 0.29) is 10.7 Å². The van der Waals surface area contributed by atoms with Crippen LogP contribution in [0.25, 0.3) is 0 Å². The topological polar surface area (TPSA) is 84.9 Å². The van der Waals surface area contributed by atoms with Gasteiger partial charge in [0.25, 0.3) is 0 Å². The number of carbonyl (C=O) groups excluding carboxylic acids is 1. The second kappa shape index (κ2) is 9.56. The molecule has 7 nitrogen and oxygen atoms in total. The summed E-state index contributed by atoms with van der Waals surface area (Å²) in [4.78, 5) is 12.6. The normalized spacial score (nSPS) is 12.2. The van der Waals surface area contributed by atoms with Crippen molar-refractivity contribution in [3.63, 3.8) is 0 Å². The molecule has 1 atom stereocenters. The molecule has 0 bridgehead atoms. The summed E-state index contributed by atoms with van der Waals surface area (Å²) in [6.07, 6.45) is 0.995. The van der Waals surface area contributed by atoms with Crippen molar-refractivity contribution in [2.24, 2.45) is 0 Å². The molecule has 10 heteroatoms. The van der Waals surface area contributed by atoms with Crippen LogP contribution in [-0.2, 0) is 14.8 Å². The van der Waals surface area contributed by atoms with Crippen molar-refractivity contribution in [1.29, 1.82) is 0 Å². The van der Waals surface area contributed by atoms with Gasteiger partial charge < -0.3 is 14.8 Å². The summed E-state index contributed by atoms with van der Waals surface area (Å²) in [5.41, 5.74) is 0.901. The minimum atomic E-state index is -3.78. The van der Waals surface area contributed by atoms with E-state index in [1.54, 1.807) is 25.1 Å². The monoisotopic (exact) mass is 460 g/mol. The summed E-state index contributed by atoms with van der Waals surface area (Å²) in [7, 11) is -0.731. The average molecular weight is 461 g/mol. The maximum absolute atomic E-state index is 12.6. The molecule has 0 aliphatic rings. The predicted molar refractivity (Wildman–Crippen MR) is 115 cm³/mol. The molecule has 0 radical (unpaired) electrons. The third-order valence-corrected chi connectivity index (χ3v) is 5.83. The molecule has 29 heavy (non-hydrogen) atoms. The van der Waals surface area contributed by atoms with E-state index in [0.29, 0.717) is 16.5 Å². The average Bonchev–Trinajstić information content (AvgIpc) is 2.66. The van der Waals surface area contributed by atoms with Gasteiger partial charge in [0.1, 0.15) is 6.54 Å². The minimum absolute atomic E-state index is 0.135. The lowest BCUT2D eigenvalue weighted by Crippen LogP contribution is -2.41. The van der Waals surface area contributed by atoms with Gasteiger partial charge in [-0.2, -0.15) is 0 Å². The number of benzene rings is 2. The fraction of sp³-hybridized carbons (Fsp3) is 0.316. The summed E-state index contributed by atoms with van der Waals surface area (Å²) in [5, 5.41) is 3.24. The van der Waals surface area contributed by atoms with Gasteiger partial charge >= 0.3 is 0 Å². The van der Waals surface area contributed by atoms with Crippen molar-refractivity contribution in [2.45, 2.75) is 13.0 Å². The van der Waals surface area contributed by atoms with Crippen LogP contribution in [-0.4, -0.2) is 41.3 Å². The van der Waals surface area contributed by atoms with E-state index in [1.165, 1.54) is 32.4 Å². The quantitative estimate of drug-likeness (QED) is 0.649. The van der Waals surface area contributed by atoms with Gasteiger partial charge in [-0.3, -0.25) is 9.10 Å². The van der Waals surface area contributed by atoms with Gasteiger partial charge in [0.05, 0.1) is 37.2 Å². The number of ether oxygens (including phenoxy) is 2. The Morgan fingerprint density at radius 1 is 1.10 bits per heavy atom. The molecule has 2 rings (SSSR count). The summed E-state index contributed by atoms with van der Waals surface area (Å²) < 4.78 is 35.9. The van der Waals surface area contributed by atoms with E-state index in [4.69, 9.17) is 32.7 Å². The Morgan fingerprint density at radius 2 is 1.76 bits per heavy atom. The van der Waals surface area contributed by atoms with Crippen molar-refractivity contribution in [2.75, 3.05) is 31.3 Å². The Kier molecular flexibility index (Phi) is 7.62. The fourth-order valence-corrected chi connectivity index (χ4v) is 3.98. The van der Waals surface area contributed by atoms with Gasteiger partial charge in [-0.15, -0.1) is 0 Å². The molecule has 0 aliphatic heterocycles. The zero-order valence-electron chi connectivity index (χ0n) is 16.4. The number of carbonyl (C=O) groups is 1. The lowest BCUT2D eigenvalue weighted by molar-refractivity contribution is -0.120. The zero-order valence-corrected chi connectivity index (χ0v) is 18.7. The van der Waals surface area contributed by atoms with Gasteiger partial charge in [-0.05, 0) is 42.8 Å². The molecule has 0 aliphatic carbocycles. The first-order valence-corrected chi connectivity index (χ1v) is 11.1.